The Hall–Kier alpha value is -5.98. The van der Waals surface area contributed by atoms with E-state index >= 15 is 0 Å². The fourth-order valence-corrected chi connectivity index (χ4v) is 5.43. The van der Waals surface area contributed by atoms with Crippen LogP contribution in [-0.4, -0.2) is 42.6 Å². The quantitative estimate of drug-likeness (QED) is 0.193. The van der Waals surface area contributed by atoms with Gasteiger partial charge in [0, 0.05) is 22.3 Å². The van der Waals surface area contributed by atoms with Crippen LogP contribution < -0.4 is 9.47 Å². The average Bonchev–Trinajstić information content (AvgIpc) is 3.11. The molecule has 0 aliphatic carbocycles. The molecule has 0 aromatic heterocycles. The molecule has 7 rings (SSSR count). The summed E-state index contributed by atoms with van der Waals surface area (Å²) >= 11 is 0. The first-order valence-electron chi connectivity index (χ1n) is 14.7. The van der Waals surface area contributed by atoms with Gasteiger partial charge in [-0.2, -0.15) is 36.3 Å². The lowest BCUT2D eigenvalue weighted by Crippen LogP contribution is -2.44. The number of rotatable bonds is 6. The zero-order valence-corrected chi connectivity index (χ0v) is 25.6. The minimum atomic E-state index is -4.54. The van der Waals surface area contributed by atoms with Gasteiger partial charge in [-0.3, -0.25) is 0 Å². The number of benzene rings is 4. The largest absolute Gasteiger partial charge is 0.497 e. The van der Waals surface area contributed by atoms with Crippen molar-refractivity contribution in [3.63, 3.8) is 0 Å². The van der Waals surface area contributed by atoms with Crippen LogP contribution in [0.25, 0.3) is 11.1 Å². The van der Waals surface area contributed by atoms with Crippen LogP contribution in [0, 0.1) is 0 Å². The third kappa shape index (κ3) is 5.99. The Morgan fingerprint density at radius 2 is 0.959 bits per heavy atom. The Morgan fingerprint density at radius 1 is 0.510 bits per heavy atom. The van der Waals surface area contributed by atoms with E-state index in [2.05, 4.69) is 9.98 Å². The van der Waals surface area contributed by atoms with Crippen LogP contribution in [0.1, 0.15) is 33.4 Å². The number of allylic oxidation sites excluding steroid dienone is 2. The van der Waals surface area contributed by atoms with E-state index < -0.39 is 23.5 Å². The van der Waals surface area contributed by atoms with Crippen LogP contribution in [0.3, 0.4) is 0 Å². The molecule has 4 aromatic rings. The number of alkyl halides is 6. The summed E-state index contributed by atoms with van der Waals surface area (Å²) in [5, 5.41) is 0. The van der Waals surface area contributed by atoms with Crippen LogP contribution in [0.5, 0.6) is 11.5 Å². The molecule has 3 heterocycles. The zero-order chi connectivity index (χ0) is 34.5. The standard InChI is InChI=1S/C36H23F6N5O2/c1-48-26-15-7-20(8-16-26)28-19-29(21-9-17-27(49-2)18-10-21)33-44-31(23-5-13-25(14-6-23)36(40,41)42)46-34-45-30(43-32(28)47(33)34)22-3-11-24(12-4-22)35(37,38)39/h3-19H,1-2H3. The lowest BCUT2D eigenvalue weighted by atomic mass is 9.93. The first kappa shape index (κ1) is 31.6. The number of methoxy groups -OCH3 is 2. The highest BCUT2D eigenvalue weighted by atomic mass is 19.4. The maximum absolute atomic E-state index is 13.4. The molecule has 0 fully saturated rings. The number of amidine groups is 3. The van der Waals surface area contributed by atoms with Crippen LogP contribution in [-0.2, 0) is 12.4 Å². The van der Waals surface area contributed by atoms with Gasteiger partial charge in [-0.1, -0.05) is 48.5 Å². The lowest BCUT2D eigenvalue weighted by Gasteiger charge is -2.36. The highest BCUT2D eigenvalue weighted by Gasteiger charge is 2.39. The van der Waals surface area contributed by atoms with Crippen molar-refractivity contribution >= 4 is 34.6 Å². The molecule has 246 valence electrons. The highest BCUT2D eigenvalue weighted by molar-refractivity contribution is 6.37. The second kappa shape index (κ2) is 11.9. The molecular weight excluding hydrogens is 648 g/mol. The lowest BCUT2D eigenvalue weighted by molar-refractivity contribution is -0.138. The summed E-state index contributed by atoms with van der Waals surface area (Å²) in [6.07, 6.45) is -7.21. The van der Waals surface area contributed by atoms with Crippen molar-refractivity contribution in [1.82, 2.24) is 4.90 Å². The Bertz CT molecular complexity index is 2120. The van der Waals surface area contributed by atoms with E-state index in [1.165, 1.54) is 24.3 Å². The van der Waals surface area contributed by atoms with Crippen molar-refractivity contribution in [2.75, 3.05) is 14.2 Å². The molecule has 7 nitrogen and oxygen atoms in total. The van der Waals surface area contributed by atoms with Crippen molar-refractivity contribution in [1.29, 1.82) is 0 Å². The first-order chi connectivity index (χ1) is 23.4. The molecule has 0 spiro atoms. The molecule has 0 saturated carbocycles. The van der Waals surface area contributed by atoms with Gasteiger partial charge in [-0.05, 0) is 65.7 Å². The van der Waals surface area contributed by atoms with E-state index in [0.717, 1.165) is 35.4 Å². The minimum absolute atomic E-state index is 0.0740. The van der Waals surface area contributed by atoms with E-state index in [1.807, 2.05) is 30.3 Å². The average molecular weight is 672 g/mol. The second-order valence-electron chi connectivity index (χ2n) is 11.0. The molecule has 0 N–H and O–H groups in total. The van der Waals surface area contributed by atoms with Crippen LogP contribution in [0.4, 0.5) is 26.3 Å². The summed E-state index contributed by atoms with van der Waals surface area (Å²) < 4.78 is 90.9. The van der Waals surface area contributed by atoms with Gasteiger partial charge >= 0.3 is 12.4 Å². The van der Waals surface area contributed by atoms with Gasteiger partial charge in [0.2, 0.25) is 5.96 Å². The maximum atomic E-state index is 13.4. The van der Waals surface area contributed by atoms with Gasteiger partial charge in [0.1, 0.15) is 11.5 Å². The van der Waals surface area contributed by atoms with Gasteiger partial charge in [0.05, 0.1) is 25.3 Å². The fraction of sp³-hybridized carbons (Fsp3) is 0.111. The topological polar surface area (TPSA) is 71.1 Å². The molecule has 0 atom stereocenters. The van der Waals surface area contributed by atoms with Crippen molar-refractivity contribution in [3.05, 3.63) is 142 Å². The number of halogens is 6. The fourth-order valence-electron chi connectivity index (χ4n) is 5.43. The molecule has 0 bridgehead atoms. The molecule has 0 amide bonds. The SMILES string of the molecule is COc1ccc(C2=CC(c3ccc(OC)cc3)=C3N=C(c4ccc(C(F)(F)F)cc4)N=C4N=C(c5ccc(C(F)(F)F)cc5)N=C2N43)cc1. The predicted molar refractivity (Wildman–Crippen MR) is 174 cm³/mol. The van der Waals surface area contributed by atoms with Gasteiger partial charge in [0.15, 0.2) is 23.3 Å². The van der Waals surface area contributed by atoms with Crippen molar-refractivity contribution in [2.24, 2.45) is 20.0 Å². The molecule has 49 heavy (non-hydrogen) atoms. The molecule has 0 saturated heterocycles. The van der Waals surface area contributed by atoms with E-state index in [4.69, 9.17) is 19.5 Å². The Balaban J connectivity index is 1.46. The van der Waals surface area contributed by atoms with Gasteiger partial charge in [-0.15, -0.1) is 0 Å². The van der Waals surface area contributed by atoms with E-state index in [-0.39, 0.29) is 17.6 Å². The van der Waals surface area contributed by atoms with Crippen molar-refractivity contribution in [3.8, 4) is 11.5 Å². The Morgan fingerprint density at radius 3 is 1.43 bits per heavy atom. The summed E-state index contributed by atoms with van der Waals surface area (Å²) in [5.41, 5.74) is 1.63. The summed E-state index contributed by atoms with van der Waals surface area (Å²) in [6.45, 7) is 0. The van der Waals surface area contributed by atoms with E-state index in [0.29, 0.717) is 45.4 Å². The number of hydrogen-bond acceptors (Lipinski definition) is 7. The van der Waals surface area contributed by atoms with Crippen LogP contribution in [0.2, 0.25) is 0 Å². The monoisotopic (exact) mass is 671 g/mol. The summed E-state index contributed by atoms with van der Waals surface area (Å²) in [4.78, 5) is 20.6. The normalized spacial score (nSPS) is 15.8. The number of guanidine groups is 1. The molecule has 0 radical (unpaired) electrons. The third-order valence-corrected chi connectivity index (χ3v) is 7.97. The van der Waals surface area contributed by atoms with Crippen molar-refractivity contribution < 1.29 is 35.8 Å². The molecule has 3 aliphatic rings. The third-order valence-electron chi connectivity index (χ3n) is 7.97. The highest BCUT2D eigenvalue weighted by Crippen LogP contribution is 2.40. The van der Waals surface area contributed by atoms with Crippen molar-refractivity contribution in [2.45, 2.75) is 12.4 Å². The Labute approximate surface area is 275 Å². The molecule has 3 aliphatic heterocycles. The first-order valence-corrected chi connectivity index (χ1v) is 14.7. The number of hydrogen-bond donors (Lipinski definition) is 0. The number of ether oxygens (including phenoxy) is 2. The van der Waals surface area contributed by atoms with Gasteiger partial charge in [0.25, 0.3) is 0 Å². The van der Waals surface area contributed by atoms with Gasteiger partial charge < -0.3 is 9.47 Å². The minimum Gasteiger partial charge on any atom is -0.497 e. The maximum Gasteiger partial charge on any atom is 0.416 e. The molecule has 0 unspecified atom stereocenters. The summed E-state index contributed by atoms with van der Waals surface area (Å²) in [6, 6.07) is 23.3. The predicted octanol–water partition coefficient (Wildman–Crippen LogP) is 8.48. The number of aliphatic imine (C=N–C) groups is 4. The smallest absolute Gasteiger partial charge is 0.416 e. The molecule has 13 heteroatoms. The van der Waals surface area contributed by atoms with Crippen LogP contribution in [0.15, 0.2) is 129 Å². The molecule has 4 aromatic carbocycles. The van der Waals surface area contributed by atoms with E-state index in [1.54, 1.807) is 43.4 Å². The second-order valence-corrected chi connectivity index (χ2v) is 11.0. The van der Waals surface area contributed by atoms with E-state index in [9.17, 15) is 26.3 Å². The molecular formula is C36H23F6N5O2. The zero-order valence-electron chi connectivity index (χ0n) is 25.6. The van der Waals surface area contributed by atoms with Gasteiger partial charge in [-0.25, -0.2) is 14.9 Å². The summed E-state index contributed by atoms with van der Waals surface area (Å²) in [7, 11) is 3.10. The summed E-state index contributed by atoms with van der Waals surface area (Å²) in [5.74, 6) is 2.17. The number of nitrogens with zero attached hydrogens (tertiary/aromatic N) is 5. The van der Waals surface area contributed by atoms with Crippen LogP contribution >= 0.6 is 0 Å². The Kier molecular flexibility index (Phi) is 7.69.